The number of alkyl halides is 3. The van der Waals surface area contributed by atoms with E-state index >= 15 is 0 Å². The highest BCUT2D eigenvalue weighted by molar-refractivity contribution is 6.31. The Kier molecular flexibility index (Phi) is 5.79. The van der Waals surface area contributed by atoms with Gasteiger partial charge in [0.1, 0.15) is 18.1 Å². The van der Waals surface area contributed by atoms with Crippen molar-refractivity contribution >= 4 is 34.8 Å². The zero-order valence-electron chi connectivity index (χ0n) is 17.0. The summed E-state index contributed by atoms with van der Waals surface area (Å²) < 4.78 is 53.0. The number of anilines is 2. The summed E-state index contributed by atoms with van der Waals surface area (Å²) in [6.07, 6.45) is -2.28. The van der Waals surface area contributed by atoms with Crippen molar-refractivity contribution < 1.29 is 27.2 Å². The fourth-order valence-electron chi connectivity index (χ4n) is 3.63. The lowest BCUT2D eigenvalue weighted by atomic mass is 9.97. The average Bonchev–Trinajstić information content (AvgIpc) is 2.83. The minimum Gasteiger partial charge on any atom is -0.323 e. The van der Waals surface area contributed by atoms with Gasteiger partial charge in [0.25, 0.3) is 0 Å². The van der Waals surface area contributed by atoms with Gasteiger partial charge < -0.3 is 10.2 Å². The number of amides is 2. The van der Waals surface area contributed by atoms with Crippen molar-refractivity contribution in [2.75, 3.05) is 16.8 Å². The molecule has 1 unspecified atom stereocenters. The highest BCUT2D eigenvalue weighted by Gasteiger charge is 2.35. The van der Waals surface area contributed by atoms with Gasteiger partial charge in [0.15, 0.2) is 0 Å². The number of aromatic nitrogens is 2. The standard InChI is InChI=1S/C22H15ClF4N4O2/c1-11-20-14(3-2-6-28-20)19-15(24)7-12(23)8-16(19)31(21(11)33)10-18(32)30-13-4-5-17(29-9-13)22(25,26)27/h2-9,11H,10H2,1H3,(H,30,32). The molecule has 0 saturated carbocycles. The van der Waals surface area contributed by atoms with Crippen LogP contribution in [0.3, 0.4) is 0 Å². The summed E-state index contributed by atoms with van der Waals surface area (Å²) in [6, 6.07) is 7.48. The number of hydrogen-bond donors (Lipinski definition) is 1. The molecular weight excluding hydrogens is 464 g/mol. The van der Waals surface area contributed by atoms with Crippen LogP contribution < -0.4 is 10.2 Å². The largest absolute Gasteiger partial charge is 0.433 e. The number of nitrogens with one attached hydrogen (secondary N) is 1. The van der Waals surface area contributed by atoms with Crippen LogP contribution in [-0.4, -0.2) is 28.3 Å². The summed E-state index contributed by atoms with van der Waals surface area (Å²) in [5, 5.41) is 2.42. The topological polar surface area (TPSA) is 75.2 Å². The number of carbonyl (C=O) groups excluding carboxylic acids is 2. The Labute approximate surface area is 190 Å². The predicted octanol–water partition coefficient (Wildman–Crippen LogP) is 5.04. The van der Waals surface area contributed by atoms with Gasteiger partial charge in [0.2, 0.25) is 11.8 Å². The Hall–Kier alpha value is -3.53. The highest BCUT2D eigenvalue weighted by Crippen LogP contribution is 2.42. The Morgan fingerprint density at radius 2 is 1.97 bits per heavy atom. The predicted molar refractivity (Wildman–Crippen MR) is 113 cm³/mol. The van der Waals surface area contributed by atoms with Crippen molar-refractivity contribution in [1.29, 1.82) is 0 Å². The second kappa shape index (κ2) is 8.43. The molecule has 0 fully saturated rings. The van der Waals surface area contributed by atoms with Crippen LogP contribution in [0.2, 0.25) is 5.02 Å². The summed E-state index contributed by atoms with van der Waals surface area (Å²) >= 11 is 6.04. The lowest BCUT2D eigenvalue weighted by Crippen LogP contribution is -2.40. The monoisotopic (exact) mass is 478 g/mol. The minimum absolute atomic E-state index is 0.00534. The lowest BCUT2D eigenvalue weighted by Gasteiger charge is -2.24. The number of halogens is 5. The third-order valence-electron chi connectivity index (χ3n) is 5.12. The van der Waals surface area contributed by atoms with E-state index in [-0.39, 0.29) is 22.0 Å². The van der Waals surface area contributed by atoms with Crippen molar-refractivity contribution in [1.82, 2.24) is 9.97 Å². The molecule has 4 rings (SSSR count). The van der Waals surface area contributed by atoms with Crippen molar-refractivity contribution in [3.05, 3.63) is 71.0 Å². The number of nitrogens with zero attached hydrogens (tertiary/aromatic N) is 3. The van der Waals surface area contributed by atoms with Crippen LogP contribution in [0.25, 0.3) is 11.1 Å². The van der Waals surface area contributed by atoms with E-state index in [1.807, 2.05) is 0 Å². The third-order valence-corrected chi connectivity index (χ3v) is 5.34. The summed E-state index contributed by atoms with van der Waals surface area (Å²) in [5.74, 6) is -2.73. The number of pyridine rings is 2. The maximum absolute atomic E-state index is 15.0. The van der Waals surface area contributed by atoms with E-state index in [9.17, 15) is 27.2 Å². The van der Waals surface area contributed by atoms with Crippen LogP contribution in [0.5, 0.6) is 0 Å². The summed E-state index contributed by atoms with van der Waals surface area (Å²) in [7, 11) is 0. The van der Waals surface area contributed by atoms with Gasteiger partial charge in [0, 0.05) is 22.3 Å². The first-order valence-corrected chi connectivity index (χ1v) is 10.0. The first-order valence-electron chi connectivity index (χ1n) is 9.65. The molecule has 2 aromatic heterocycles. The van der Waals surface area contributed by atoms with Gasteiger partial charge in [-0.3, -0.25) is 14.6 Å². The fourth-order valence-corrected chi connectivity index (χ4v) is 3.82. The maximum Gasteiger partial charge on any atom is 0.433 e. The molecular formula is C22H15ClF4N4O2. The van der Waals surface area contributed by atoms with Gasteiger partial charge >= 0.3 is 6.18 Å². The highest BCUT2D eigenvalue weighted by atomic mass is 35.5. The molecule has 1 aliphatic heterocycles. The van der Waals surface area contributed by atoms with Crippen LogP contribution in [0.15, 0.2) is 48.8 Å². The Morgan fingerprint density at radius 1 is 1.21 bits per heavy atom. The molecule has 6 nitrogen and oxygen atoms in total. The lowest BCUT2D eigenvalue weighted by molar-refractivity contribution is -0.141. The van der Waals surface area contributed by atoms with Crippen molar-refractivity contribution in [2.24, 2.45) is 0 Å². The van der Waals surface area contributed by atoms with Crippen molar-refractivity contribution in [3.63, 3.8) is 0 Å². The van der Waals surface area contributed by atoms with E-state index in [0.29, 0.717) is 11.3 Å². The first-order chi connectivity index (χ1) is 15.6. The molecule has 2 amide bonds. The number of hydrogen-bond acceptors (Lipinski definition) is 4. The molecule has 1 N–H and O–H groups in total. The Bertz CT molecular complexity index is 1250. The minimum atomic E-state index is -4.62. The number of rotatable bonds is 3. The van der Waals surface area contributed by atoms with Gasteiger partial charge in [-0.1, -0.05) is 17.7 Å². The van der Waals surface area contributed by atoms with E-state index in [2.05, 4.69) is 15.3 Å². The molecule has 0 saturated heterocycles. The maximum atomic E-state index is 15.0. The second-order valence-electron chi connectivity index (χ2n) is 7.34. The second-order valence-corrected chi connectivity index (χ2v) is 7.78. The van der Waals surface area contributed by atoms with E-state index in [1.54, 1.807) is 19.1 Å². The van der Waals surface area contributed by atoms with Crippen LogP contribution in [0.4, 0.5) is 28.9 Å². The molecule has 0 spiro atoms. The van der Waals surface area contributed by atoms with E-state index < -0.39 is 42.0 Å². The average molecular weight is 479 g/mol. The van der Waals surface area contributed by atoms with Crippen LogP contribution >= 0.6 is 11.6 Å². The van der Waals surface area contributed by atoms with Gasteiger partial charge in [-0.2, -0.15) is 13.2 Å². The van der Waals surface area contributed by atoms with Gasteiger partial charge in [-0.25, -0.2) is 9.37 Å². The molecule has 1 aliphatic rings. The van der Waals surface area contributed by atoms with Crippen LogP contribution in [0, 0.1) is 5.82 Å². The SMILES string of the molecule is CC1C(=O)N(CC(=O)Nc2ccc(C(F)(F)F)nc2)c2cc(Cl)cc(F)c2-c2cccnc21. The molecule has 1 atom stereocenters. The smallest absolute Gasteiger partial charge is 0.323 e. The quantitative estimate of drug-likeness (QED) is 0.535. The van der Waals surface area contributed by atoms with Crippen molar-refractivity contribution in [2.45, 2.75) is 19.0 Å². The molecule has 0 radical (unpaired) electrons. The summed E-state index contributed by atoms with van der Waals surface area (Å²) in [6.45, 7) is 1.05. The Balaban J connectivity index is 1.68. The molecule has 11 heteroatoms. The zero-order chi connectivity index (χ0) is 23.9. The zero-order valence-corrected chi connectivity index (χ0v) is 17.7. The molecule has 0 bridgehead atoms. The number of fused-ring (bicyclic) bond motifs is 3. The van der Waals surface area contributed by atoms with Gasteiger partial charge in [0.05, 0.1) is 29.2 Å². The molecule has 3 heterocycles. The van der Waals surface area contributed by atoms with Crippen LogP contribution in [0.1, 0.15) is 24.2 Å². The molecule has 33 heavy (non-hydrogen) atoms. The van der Waals surface area contributed by atoms with E-state index in [4.69, 9.17) is 11.6 Å². The molecule has 1 aromatic carbocycles. The van der Waals surface area contributed by atoms with Crippen molar-refractivity contribution in [3.8, 4) is 11.1 Å². The first kappa shape index (κ1) is 22.7. The normalized spacial score (nSPS) is 15.5. The number of benzene rings is 1. The fraction of sp³-hybridized carbons (Fsp3) is 0.182. The van der Waals surface area contributed by atoms with Gasteiger partial charge in [-0.15, -0.1) is 0 Å². The molecule has 0 aliphatic carbocycles. The van der Waals surface area contributed by atoms with E-state index in [1.165, 1.54) is 12.3 Å². The number of carbonyl (C=O) groups is 2. The molecule has 3 aromatic rings. The van der Waals surface area contributed by atoms with E-state index in [0.717, 1.165) is 29.3 Å². The Morgan fingerprint density at radius 3 is 2.64 bits per heavy atom. The molecule has 170 valence electrons. The van der Waals surface area contributed by atoms with Gasteiger partial charge in [-0.05, 0) is 37.3 Å². The summed E-state index contributed by atoms with van der Waals surface area (Å²) in [4.78, 5) is 34.5. The summed E-state index contributed by atoms with van der Waals surface area (Å²) in [5.41, 5.74) is -0.197. The third kappa shape index (κ3) is 4.38. The van der Waals surface area contributed by atoms with Crippen LogP contribution in [-0.2, 0) is 15.8 Å².